The molecule has 0 unspecified atom stereocenters. The molecule has 1 atom stereocenters. The molecule has 1 amide bonds. The topological polar surface area (TPSA) is 87.5 Å². The van der Waals surface area contributed by atoms with Crippen molar-refractivity contribution in [2.45, 2.75) is 32.5 Å². The first-order valence-corrected chi connectivity index (χ1v) is 10.1. The maximum Gasteiger partial charge on any atom is 0.417 e. The van der Waals surface area contributed by atoms with Gasteiger partial charge in [0.25, 0.3) is 5.91 Å². The Hall–Kier alpha value is -3.50. The summed E-state index contributed by atoms with van der Waals surface area (Å²) in [6.07, 6.45) is -5.18. The van der Waals surface area contributed by atoms with E-state index in [0.29, 0.717) is 24.5 Å². The molecule has 2 heterocycles. The van der Waals surface area contributed by atoms with E-state index in [2.05, 4.69) is 15.4 Å². The highest BCUT2D eigenvalue weighted by Crippen LogP contribution is 2.37. The number of amides is 1. The number of alkyl halides is 3. The summed E-state index contributed by atoms with van der Waals surface area (Å²) in [7, 11) is 4.57. The molecule has 3 aromatic rings. The summed E-state index contributed by atoms with van der Waals surface area (Å²) in [6, 6.07) is 6.21. The van der Waals surface area contributed by atoms with Crippen molar-refractivity contribution < 1.29 is 32.2 Å². The summed E-state index contributed by atoms with van der Waals surface area (Å²) in [4.78, 5) is 16.6. The number of carbonyl (C=O) groups is 1. The summed E-state index contributed by atoms with van der Waals surface area (Å²) in [6.45, 7) is 3.22. The van der Waals surface area contributed by atoms with Gasteiger partial charge in [0, 0.05) is 19.7 Å². The Morgan fingerprint density at radius 1 is 1.18 bits per heavy atom. The van der Waals surface area contributed by atoms with E-state index >= 15 is 0 Å². The number of methoxy groups -OCH3 is 2. The number of aryl methyl sites for hydroxylation is 2. The van der Waals surface area contributed by atoms with Gasteiger partial charge in [0.1, 0.15) is 0 Å². The Labute approximate surface area is 188 Å². The quantitative estimate of drug-likeness (QED) is 0.547. The number of carbonyl (C=O) groups excluding carboxylic acids is 1. The van der Waals surface area contributed by atoms with Crippen LogP contribution in [0.3, 0.4) is 0 Å². The minimum absolute atomic E-state index is 0.0263. The first-order valence-electron chi connectivity index (χ1n) is 10.1. The molecule has 0 aliphatic rings. The molecule has 0 aliphatic carbocycles. The lowest BCUT2D eigenvalue weighted by Crippen LogP contribution is -2.37. The summed E-state index contributed by atoms with van der Waals surface area (Å²) >= 11 is 0. The number of benzene rings is 1. The highest BCUT2D eigenvalue weighted by Gasteiger charge is 2.36. The van der Waals surface area contributed by atoms with Crippen LogP contribution < -0.4 is 19.5 Å². The van der Waals surface area contributed by atoms with E-state index in [-0.39, 0.29) is 22.6 Å². The second-order valence-electron chi connectivity index (χ2n) is 7.40. The predicted molar refractivity (Wildman–Crippen MR) is 115 cm³/mol. The number of pyridine rings is 1. The van der Waals surface area contributed by atoms with Crippen molar-refractivity contribution in [1.29, 1.82) is 0 Å². The molecule has 2 aromatic heterocycles. The lowest BCUT2D eigenvalue weighted by molar-refractivity contribution is -0.136. The number of ether oxygens (including phenoxy) is 3. The number of nitrogens with one attached hydrogen (secondary N) is 1. The molecule has 0 saturated heterocycles. The van der Waals surface area contributed by atoms with Gasteiger partial charge in [-0.25, -0.2) is 0 Å². The van der Waals surface area contributed by atoms with Crippen molar-refractivity contribution in [2.24, 2.45) is 7.05 Å². The molecule has 11 heteroatoms. The number of halogens is 3. The van der Waals surface area contributed by atoms with Crippen molar-refractivity contribution in [3.05, 3.63) is 41.1 Å². The standard InChI is InChI=1S/C22H25F3N4O4/c1-12-19-15(22(23,24)25)11-18(27-20(19)29(3)28-12)33-13(2)21(30)26-9-8-14-6-7-16(31-4)17(10-14)32-5/h6-7,10-11,13H,8-9H2,1-5H3,(H,26,30)/t13-/m0/s1. The van der Waals surface area contributed by atoms with E-state index < -0.39 is 23.8 Å². The van der Waals surface area contributed by atoms with Gasteiger partial charge in [-0.05, 0) is 38.0 Å². The van der Waals surface area contributed by atoms with E-state index in [4.69, 9.17) is 14.2 Å². The summed E-state index contributed by atoms with van der Waals surface area (Å²) < 4.78 is 57.9. The molecule has 1 N–H and O–H groups in total. The minimum Gasteiger partial charge on any atom is -0.493 e. The SMILES string of the molecule is COc1ccc(CCNC(=O)[C@H](C)Oc2cc(C(F)(F)F)c3c(C)nn(C)c3n2)cc1OC. The number of fused-ring (bicyclic) bond motifs is 1. The maximum atomic E-state index is 13.6. The van der Waals surface area contributed by atoms with Crippen molar-refractivity contribution in [3.63, 3.8) is 0 Å². The zero-order valence-corrected chi connectivity index (χ0v) is 18.9. The highest BCUT2D eigenvalue weighted by molar-refractivity contribution is 5.84. The number of rotatable bonds is 8. The fraction of sp³-hybridized carbons (Fsp3) is 0.409. The molecule has 0 spiro atoms. The number of hydrogen-bond acceptors (Lipinski definition) is 6. The largest absolute Gasteiger partial charge is 0.493 e. The van der Waals surface area contributed by atoms with Crippen LogP contribution >= 0.6 is 0 Å². The maximum absolute atomic E-state index is 13.6. The fourth-order valence-electron chi connectivity index (χ4n) is 3.45. The molecule has 3 rings (SSSR count). The highest BCUT2D eigenvalue weighted by atomic mass is 19.4. The van der Waals surface area contributed by atoms with E-state index in [9.17, 15) is 18.0 Å². The van der Waals surface area contributed by atoms with Gasteiger partial charge in [-0.15, -0.1) is 0 Å². The van der Waals surface area contributed by atoms with Crippen molar-refractivity contribution in [1.82, 2.24) is 20.1 Å². The molecular formula is C22H25F3N4O4. The van der Waals surface area contributed by atoms with Gasteiger partial charge < -0.3 is 19.5 Å². The van der Waals surface area contributed by atoms with Crippen LogP contribution in [0.15, 0.2) is 24.3 Å². The van der Waals surface area contributed by atoms with Gasteiger partial charge in [-0.2, -0.15) is 23.3 Å². The Bertz CT molecular complexity index is 1160. The molecule has 0 aliphatic heterocycles. The average Bonchev–Trinajstić information content (AvgIpc) is 3.05. The molecular weight excluding hydrogens is 441 g/mol. The number of nitrogens with zero attached hydrogens (tertiary/aromatic N) is 3. The normalized spacial score (nSPS) is 12.5. The molecule has 1 aromatic carbocycles. The van der Waals surface area contributed by atoms with Crippen LogP contribution in [0.1, 0.15) is 23.7 Å². The first kappa shape index (κ1) is 24.1. The average molecular weight is 466 g/mol. The Morgan fingerprint density at radius 3 is 2.52 bits per heavy atom. The zero-order chi connectivity index (χ0) is 24.3. The third kappa shape index (κ3) is 5.29. The molecule has 8 nitrogen and oxygen atoms in total. The van der Waals surface area contributed by atoms with E-state index in [1.54, 1.807) is 19.2 Å². The molecule has 0 fully saturated rings. The molecule has 0 radical (unpaired) electrons. The Balaban J connectivity index is 1.68. The summed E-state index contributed by atoms with van der Waals surface area (Å²) in [5.41, 5.74) is 0.238. The van der Waals surface area contributed by atoms with Crippen LogP contribution in [0.2, 0.25) is 0 Å². The van der Waals surface area contributed by atoms with Crippen LogP contribution in [0.4, 0.5) is 13.2 Å². The summed E-state index contributed by atoms with van der Waals surface area (Å²) in [5, 5.41) is 6.63. The summed E-state index contributed by atoms with van der Waals surface area (Å²) in [5.74, 6) is 0.386. The van der Waals surface area contributed by atoms with Gasteiger partial charge in [0.15, 0.2) is 23.3 Å². The van der Waals surface area contributed by atoms with Gasteiger partial charge in [-0.1, -0.05) is 6.07 Å². The lowest BCUT2D eigenvalue weighted by atomic mass is 10.1. The lowest BCUT2D eigenvalue weighted by Gasteiger charge is -2.16. The predicted octanol–water partition coefficient (Wildman–Crippen LogP) is 3.44. The van der Waals surface area contributed by atoms with Crippen LogP contribution in [-0.2, 0) is 24.4 Å². The fourth-order valence-corrected chi connectivity index (χ4v) is 3.45. The molecule has 178 valence electrons. The number of aromatic nitrogens is 3. The Morgan fingerprint density at radius 2 is 1.88 bits per heavy atom. The van der Waals surface area contributed by atoms with Crippen LogP contribution in [0.5, 0.6) is 17.4 Å². The second-order valence-corrected chi connectivity index (χ2v) is 7.40. The van der Waals surface area contributed by atoms with Crippen LogP contribution in [0.25, 0.3) is 11.0 Å². The first-order chi connectivity index (χ1) is 15.5. The molecule has 33 heavy (non-hydrogen) atoms. The van der Waals surface area contributed by atoms with Crippen molar-refractivity contribution in [2.75, 3.05) is 20.8 Å². The monoisotopic (exact) mass is 466 g/mol. The van der Waals surface area contributed by atoms with Gasteiger partial charge >= 0.3 is 6.18 Å². The van der Waals surface area contributed by atoms with E-state index in [1.165, 1.54) is 32.7 Å². The number of hydrogen-bond donors (Lipinski definition) is 1. The Kier molecular flexibility index (Phi) is 6.99. The second kappa shape index (κ2) is 9.55. The van der Waals surface area contributed by atoms with Gasteiger partial charge in [0.05, 0.1) is 30.9 Å². The van der Waals surface area contributed by atoms with Crippen molar-refractivity contribution in [3.8, 4) is 17.4 Å². The van der Waals surface area contributed by atoms with Gasteiger partial charge in [0.2, 0.25) is 5.88 Å². The third-order valence-corrected chi connectivity index (χ3v) is 5.08. The minimum atomic E-state index is -4.63. The zero-order valence-electron chi connectivity index (χ0n) is 18.9. The smallest absolute Gasteiger partial charge is 0.417 e. The van der Waals surface area contributed by atoms with Crippen LogP contribution in [-0.4, -0.2) is 47.5 Å². The van der Waals surface area contributed by atoms with Gasteiger partial charge in [-0.3, -0.25) is 9.48 Å². The van der Waals surface area contributed by atoms with Crippen LogP contribution in [0, 0.1) is 6.92 Å². The third-order valence-electron chi connectivity index (χ3n) is 5.08. The van der Waals surface area contributed by atoms with E-state index in [1.807, 2.05) is 6.07 Å². The molecule has 0 bridgehead atoms. The van der Waals surface area contributed by atoms with E-state index in [0.717, 1.165) is 11.6 Å². The van der Waals surface area contributed by atoms with Crippen molar-refractivity contribution >= 4 is 16.9 Å². The molecule has 0 saturated carbocycles.